The van der Waals surface area contributed by atoms with E-state index in [0.717, 1.165) is 22.6 Å². The van der Waals surface area contributed by atoms with Crippen LogP contribution in [0.25, 0.3) is 6.08 Å². The quantitative estimate of drug-likeness (QED) is 0.583. The number of rotatable bonds is 8. The first kappa shape index (κ1) is 19.3. The Morgan fingerprint density at radius 1 is 1.04 bits per heavy atom. The molecule has 0 radical (unpaired) electrons. The van der Waals surface area contributed by atoms with Gasteiger partial charge >= 0.3 is 0 Å². The van der Waals surface area contributed by atoms with Gasteiger partial charge in [0.1, 0.15) is 17.3 Å². The fraction of sp³-hybridized carbons (Fsp3) is 0.174. The van der Waals surface area contributed by atoms with Gasteiger partial charge in [-0.2, -0.15) is 0 Å². The standard InChI is InChI=1S/C23H23NO4/c1-3-27-21-12-8-18(9-13-21)23(17-6-10-19(26-2)11-7-17)24-22(25)15-14-20-5-4-16-28-20/h4-16,23H,3H2,1-2H3,(H,24,25). The van der Waals surface area contributed by atoms with E-state index < -0.39 is 0 Å². The fourth-order valence-electron chi connectivity index (χ4n) is 2.81. The molecule has 0 fully saturated rings. The summed E-state index contributed by atoms with van der Waals surface area (Å²) >= 11 is 0. The molecule has 144 valence electrons. The molecular weight excluding hydrogens is 354 g/mol. The van der Waals surface area contributed by atoms with Gasteiger partial charge in [0, 0.05) is 6.08 Å². The van der Waals surface area contributed by atoms with Gasteiger partial charge in [-0.15, -0.1) is 0 Å². The van der Waals surface area contributed by atoms with Gasteiger partial charge in [-0.05, 0) is 60.5 Å². The molecule has 0 bridgehead atoms. The van der Waals surface area contributed by atoms with Gasteiger partial charge in [0.2, 0.25) is 5.91 Å². The van der Waals surface area contributed by atoms with Crippen LogP contribution in [0.5, 0.6) is 11.5 Å². The molecule has 3 aromatic rings. The fourth-order valence-corrected chi connectivity index (χ4v) is 2.81. The molecule has 2 aromatic carbocycles. The average molecular weight is 377 g/mol. The highest BCUT2D eigenvalue weighted by atomic mass is 16.5. The second kappa shape index (κ2) is 9.46. The molecule has 3 rings (SSSR count). The first-order chi connectivity index (χ1) is 13.7. The van der Waals surface area contributed by atoms with Gasteiger partial charge in [0.15, 0.2) is 0 Å². The second-order valence-electron chi connectivity index (χ2n) is 6.07. The topological polar surface area (TPSA) is 60.7 Å². The summed E-state index contributed by atoms with van der Waals surface area (Å²) in [5.41, 5.74) is 1.90. The van der Waals surface area contributed by atoms with E-state index in [-0.39, 0.29) is 11.9 Å². The van der Waals surface area contributed by atoms with Crippen LogP contribution in [0, 0.1) is 0 Å². The number of methoxy groups -OCH3 is 1. The van der Waals surface area contributed by atoms with E-state index in [1.165, 1.54) is 6.08 Å². The Bertz CT molecular complexity index is 897. The second-order valence-corrected chi connectivity index (χ2v) is 6.07. The van der Waals surface area contributed by atoms with Crippen LogP contribution in [0.2, 0.25) is 0 Å². The molecule has 0 aliphatic carbocycles. The highest BCUT2D eigenvalue weighted by Gasteiger charge is 2.16. The molecule has 0 aliphatic heterocycles. The molecule has 5 heteroatoms. The van der Waals surface area contributed by atoms with Crippen LogP contribution < -0.4 is 14.8 Å². The van der Waals surface area contributed by atoms with Crippen molar-refractivity contribution in [1.82, 2.24) is 5.32 Å². The van der Waals surface area contributed by atoms with Crippen molar-refractivity contribution in [2.75, 3.05) is 13.7 Å². The van der Waals surface area contributed by atoms with Crippen LogP contribution in [-0.2, 0) is 4.79 Å². The molecule has 0 aliphatic rings. The van der Waals surface area contributed by atoms with Crippen molar-refractivity contribution in [3.05, 3.63) is 89.9 Å². The molecule has 28 heavy (non-hydrogen) atoms. The molecule has 1 unspecified atom stereocenters. The third kappa shape index (κ3) is 5.04. The van der Waals surface area contributed by atoms with Crippen LogP contribution in [0.1, 0.15) is 29.9 Å². The van der Waals surface area contributed by atoms with Crippen LogP contribution >= 0.6 is 0 Å². The molecule has 1 atom stereocenters. The van der Waals surface area contributed by atoms with Gasteiger partial charge in [0.05, 0.1) is 26.0 Å². The third-order valence-electron chi connectivity index (χ3n) is 4.20. The van der Waals surface area contributed by atoms with E-state index >= 15 is 0 Å². The number of ether oxygens (including phenoxy) is 2. The number of carbonyl (C=O) groups excluding carboxylic acids is 1. The minimum atomic E-state index is -0.310. The van der Waals surface area contributed by atoms with Crippen molar-refractivity contribution in [2.24, 2.45) is 0 Å². The molecule has 0 saturated carbocycles. The molecular formula is C23H23NO4. The summed E-state index contributed by atoms with van der Waals surface area (Å²) < 4.78 is 16.0. The molecule has 0 saturated heterocycles. The maximum absolute atomic E-state index is 12.5. The van der Waals surface area contributed by atoms with Gasteiger partial charge < -0.3 is 19.2 Å². The Morgan fingerprint density at radius 2 is 1.68 bits per heavy atom. The van der Waals surface area contributed by atoms with E-state index in [1.54, 1.807) is 31.6 Å². The zero-order valence-corrected chi connectivity index (χ0v) is 15.9. The number of carbonyl (C=O) groups is 1. The zero-order chi connectivity index (χ0) is 19.8. The van der Waals surface area contributed by atoms with Crippen LogP contribution in [0.15, 0.2) is 77.4 Å². The number of amides is 1. The smallest absolute Gasteiger partial charge is 0.244 e. The van der Waals surface area contributed by atoms with Crippen molar-refractivity contribution >= 4 is 12.0 Å². The highest BCUT2D eigenvalue weighted by molar-refractivity contribution is 5.91. The Labute approximate surface area is 164 Å². The van der Waals surface area contributed by atoms with Gasteiger partial charge in [-0.3, -0.25) is 4.79 Å². The Morgan fingerprint density at radius 3 is 2.21 bits per heavy atom. The van der Waals surface area contributed by atoms with Gasteiger partial charge in [-0.1, -0.05) is 24.3 Å². The maximum Gasteiger partial charge on any atom is 0.244 e. The van der Waals surface area contributed by atoms with Crippen molar-refractivity contribution in [1.29, 1.82) is 0 Å². The predicted molar refractivity (Wildman–Crippen MR) is 108 cm³/mol. The van der Waals surface area contributed by atoms with Crippen LogP contribution in [0.4, 0.5) is 0 Å². The summed E-state index contributed by atoms with van der Waals surface area (Å²) in [6, 6.07) is 18.6. The lowest BCUT2D eigenvalue weighted by Gasteiger charge is -2.20. The van der Waals surface area contributed by atoms with Crippen molar-refractivity contribution in [3.8, 4) is 11.5 Å². The largest absolute Gasteiger partial charge is 0.497 e. The molecule has 5 nitrogen and oxygen atoms in total. The minimum absolute atomic E-state index is 0.217. The lowest BCUT2D eigenvalue weighted by Crippen LogP contribution is -2.27. The molecule has 0 spiro atoms. The van der Waals surface area contributed by atoms with E-state index in [2.05, 4.69) is 5.32 Å². The Kier molecular flexibility index (Phi) is 6.52. The van der Waals surface area contributed by atoms with Crippen LogP contribution in [-0.4, -0.2) is 19.6 Å². The van der Waals surface area contributed by atoms with Crippen molar-refractivity contribution in [2.45, 2.75) is 13.0 Å². The summed E-state index contributed by atoms with van der Waals surface area (Å²) in [5.74, 6) is 1.96. The first-order valence-corrected chi connectivity index (χ1v) is 9.08. The summed E-state index contributed by atoms with van der Waals surface area (Å²) in [7, 11) is 1.63. The first-order valence-electron chi connectivity index (χ1n) is 9.08. The van der Waals surface area contributed by atoms with Crippen molar-refractivity contribution < 1.29 is 18.7 Å². The van der Waals surface area contributed by atoms with Crippen molar-refractivity contribution in [3.63, 3.8) is 0 Å². The van der Waals surface area contributed by atoms with E-state index in [0.29, 0.717) is 12.4 Å². The SMILES string of the molecule is CCOc1ccc(C(NC(=O)C=Cc2ccco2)c2ccc(OC)cc2)cc1. The van der Waals surface area contributed by atoms with Gasteiger partial charge in [-0.25, -0.2) is 0 Å². The minimum Gasteiger partial charge on any atom is -0.497 e. The highest BCUT2D eigenvalue weighted by Crippen LogP contribution is 2.26. The summed E-state index contributed by atoms with van der Waals surface area (Å²) in [6.07, 6.45) is 4.67. The number of benzene rings is 2. The molecule has 1 N–H and O–H groups in total. The van der Waals surface area contributed by atoms with E-state index in [4.69, 9.17) is 13.9 Å². The zero-order valence-electron chi connectivity index (χ0n) is 15.9. The molecule has 1 aromatic heterocycles. The number of hydrogen-bond donors (Lipinski definition) is 1. The Hall–Kier alpha value is -3.47. The molecule has 1 heterocycles. The number of hydrogen-bond acceptors (Lipinski definition) is 4. The van der Waals surface area contributed by atoms with E-state index in [9.17, 15) is 4.79 Å². The van der Waals surface area contributed by atoms with Crippen LogP contribution in [0.3, 0.4) is 0 Å². The third-order valence-corrected chi connectivity index (χ3v) is 4.20. The predicted octanol–water partition coefficient (Wildman–Crippen LogP) is 4.61. The number of nitrogens with one attached hydrogen (secondary N) is 1. The van der Waals surface area contributed by atoms with E-state index in [1.807, 2.05) is 55.5 Å². The Balaban J connectivity index is 1.83. The number of furan rings is 1. The summed E-state index contributed by atoms with van der Waals surface area (Å²) in [6.45, 7) is 2.55. The normalized spacial score (nSPS) is 11.9. The lowest BCUT2D eigenvalue weighted by atomic mass is 9.98. The average Bonchev–Trinajstić information content (AvgIpc) is 3.25. The maximum atomic E-state index is 12.5. The monoisotopic (exact) mass is 377 g/mol. The van der Waals surface area contributed by atoms with Gasteiger partial charge in [0.25, 0.3) is 0 Å². The summed E-state index contributed by atoms with van der Waals surface area (Å²) in [4.78, 5) is 12.5. The summed E-state index contributed by atoms with van der Waals surface area (Å²) in [5, 5.41) is 3.05. The molecule has 1 amide bonds. The lowest BCUT2D eigenvalue weighted by molar-refractivity contribution is -0.116.